The zero-order valence-electron chi connectivity index (χ0n) is 11.2. The quantitative estimate of drug-likeness (QED) is 0.733. The molecule has 2 aliphatic heterocycles. The standard InChI is InChI=1S/C11H21N3O4S/c1-2-12-19(16,17)14-5-3-4-10(14)11(15)13-6-8-18-9-7-13/h10,12H,2-9H2,1H3. The molecule has 1 amide bonds. The molecule has 1 unspecified atom stereocenters. The van der Waals surface area contributed by atoms with E-state index in [9.17, 15) is 13.2 Å². The molecule has 7 nitrogen and oxygen atoms in total. The number of hydrogen-bond donors (Lipinski definition) is 1. The topological polar surface area (TPSA) is 79.0 Å². The molecule has 0 saturated carbocycles. The van der Waals surface area contributed by atoms with Gasteiger partial charge in [0.05, 0.1) is 13.2 Å². The second kappa shape index (κ2) is 6.17. The van der Waals surface area contributed by atoms with Crippen LogP contribution in [0.15, 0.2) is 0 Å². The first-order valence-electron chi connectivity index (χ1n) is 6.69. The van der Waals surface area contributed by atoms with Crippen molar-refractivity contribution in [3.8, 4) is 0 Å². The first-order valence-corrected chi connectivity index (χ1v) is 8.13. The lowest BCUT2D eigenvalue weighted by Crippen LogP contribution is -2.53. The summed E-state index contributed by atoms with van der Waals surface area (Å²) in [5, 5.41) is 0. The zero-order chi connectivity index (χ0) is 13.9. The number of ether oxygens (including phenoxy) is 1. The van der Waals surface area contributed by atoms with E-state index in [0.29, 0.717) is 45.8 Å². The Balaban J connectivity index is 2.07. The zero-order valence-corrected chi connectivity index (χ0v) is 12.0. The molecule has 0 aliphatic carbocycles. The Labute approximate surface area is 114 Å². The van der Waals surface area contributed by atoms with Gasteiger partial charge in [-0.2, -0.15) is 12.7 Å². The first kappa shape index (κ1) is 14.7. The van der Waals surface area contributed by atoms with Crippen LogP contribution in [-0.2, 0) is 19.7 Å². The van der Waals surface area contributed by atoms with Gasteiger partial charge in [-0.3, -0.25) is 4.79 Å². The van der Waals surface area contributed by atoms with Crippen LogP contribution in [0.1, 0.15) is 19.8 Å². The second-order valence-corrected chi connectivity index (χ2v) is 6.42. The molecule has 1 atom stereocenters. The number of carbonyl (C=O) groups is 1. The minimum Gasteiger partial charge on any atom is -0.378 e. The highest BCUT2D eigenvalue weighted by atomic mass is 32.2. The van der Waals surface area contributed by atoms with E-state index in [1.807, 2.05) is 0 Å². The van der Waals surface area contributed by atoms with Gasteiger partial charge in [0, 0.05) is 26.2 Å². The van der Waals surface area contributed by atoms with E-state index in [1.54, 1.807) is 11.8 Å². The average Bonchev–Trinajstić information content (AvgIpc) is 2.89. The molecule has 2 heterocycles. The highest BCUT2D eigenvalue weighted by Gasteiger charge is 2.40. The highest BCUT2D eigenvalue weighted by molar-refractivity contribution is 7.87. The van der Waals surface area contributed by atoms with E-state index in [0.717, 1.165) is 6.42 Å². The Hall–Kier alpha value is -0.700. The molecule has 0 bridgehead atoms. The Morgan fingerprint density at radius 1 is 1.32 bits per heavy atom. The van der Waals surface area contributed by atoms with Crippen LogP contribution in [0, 0.1) is 0 Å². The summed E-state index contributed by atoms with van der Waals surface area (Å²) in [6.07, 6.45) is 1.33. The van der Waals surface area contributed by atoms with E-state index in [1.165, 1.54) is 4.31 Å². The molecule has 8 heteroatoms. The van der Waals surface area contributed by atoms with Gasteiger partial charge >= 0.3 is 0 Å². The van der Waals surface area contributed by atoms with Gasteiger partial charge in [-0.05, 0) is 12.8 Å². The molecular formula is C11H21N3O4S. The van der Waals surface area contributed by atoms with Crippen LogP contribution in [0.4, 0.5) is 0 Å². The Morgan fingerprint density at radius 2 is 2.00 bits per heavy atom. The monoisotopic (exact) mass is 291 g/mol. The molecular weight excluding hydrogens is 270 g/mol. The fourth-order valence-electron chi connectivity index (χ4n) is 2.53. The minimum atomic E-state index is -3.54. The number of nitrogens with zero attached hydrogens (tertiary/aromatic N) is 2. The smallest absolute Gasteiger partial charge is 0.280 e. The lowest BCUT2D eigenvalue weighted by Gasteiger charge is -2.32. The molecule has 0 aromatic carbocycles. The van der Waals surface area contributed by atoms with Crippen LogP contribution in [0.2, 0.25) is 0 Å². The van der Waals surface area contributed by atoms with Gasteiger partial charge in [-0.25, -0.2) is 4.72 Å². The molecule has 0 radical (unpaired) electrons. The number of amides is 1. The third-order valence-corrected chi connectivity index (χ3v) is 5.15. The fourth-order valence-corrected chi connectivity index (χ4v) is 3.97. The van der Waals surface area contributed by atoms with E-state index in [2.05, 4.69) is 4.72 Å². The molecule has 110 valence electrons. The second-order valence-electron chi connectivity index (χ2n) is 4.71. The normalized spacial score (nSPS) is 25.7. The predicted molar refractivity (Wildman–Crippen MR) is 69.7 cm³/mol. The highest BCUT2D eigenvalue weighted by Crippen LogP contribution is 2.22. The molecule has 2 fully saturated rings. The Bertz CT molecular complexity index is 420. The summed E-state index contributed by atoms with van der Waals surface area (Å²) in [6.45, 7) is 4.62. The van der Waals surface area contributed by atoms with Crippen molar-refractivity contribution in [3.05, 3.63) is 0 Å². The predicted octanol–water partition coefficient (Wildman–Crippen LogP) is -0.836. The van der Waals surface area contributed by atoms with Crippen molar-refractivity contribution in [3.63, 3.8) is 0 Å². The molecule has 0 aromatic rings. The fraction of sp³-hybridized carbons (Fsp3) is 0.909. The number of hydrogen-bond acceptors (Lipinski definition) is 4. The van der Waals surface area contributed by atoms with Crippen molar-refractivity contribution < 1.29 is 17.9 Å². The number of rotatable bonds is 4. The summed E-state index contributed by atoms with van der Waals surface area (Å²) in [5.74, 6) is -0.0951. The first-order chi connectivity index (χ1) is 9.06. The van der Waals surface area contributed by atoms with Crippen molar-refractivity contribution >= 4 is 16.1 Å². The van der Waals surface area contributed by atoms with Crippen LogP contribution in [0.5, 0.6) is 0 Å². The van der Waals surface area contributed by atoms with Crippen molar-refractivity contribution in [1.29, 1.82) is 0 Å². The maximum Gasteiger partial charge on any atom is 0.280 e. The van der Waals surface area contributed by atoms with Crippen molar-refractivity contribution in [1.82, 2.24) is 13.9 Å². The minimum absolute atomic E-state index is 0.0951. The van der Waals surface area contributed by atoms with Crippen molar-refractivity contribution in [2.45, 2.75) is 25.8 Å². The van der Waals surface area contributed by atoms with Crippen LogP contribution < -0.4 is 4.72 Å². The third-order valence-electron chi connectivity index (χ3n) is 3.45. The van der Waals surface area contributed by atoms with E-state index < -0.39 is 16.3 Å². The van der Waals surface area contributed by atoms with E-state index in [-0.39, 0.29) is 5.91 Å². The summed E-state index contributed by atoms with van der Waals surface area (Å²) < 4.78 is 33.1. The molecule has 1 N–H and O–H groups in total. The summed E-state index contributed by atoms with van der Waals surface area (Å²) in [6, 6.07) is -0.554. The molecule has 2 rings (SSSR count). The lowest BCUT2D eigenvalue weighted by molar-refractivity contribution is -0.138. The summed E-state index contributed by atoms with van der Waals surface area (Å²) >= 11 is 0. The average molecular weight is 291 g/mol. The molecule has 2 saturated heterocycles. The van der Waals surface area contributed by atoms with Crippen LogP contribution in [-0.4, -0.2) is 69.0 Å². The molecule has 2 aliphatic rings. The van der Waals surface area contributed by atoms with Gasteiger partial charge < -0.3 is 9.64 Å². The van der Waals surface area contributed by atoms with Gasteiger partial charge in [-0.1, -0.05) is 6.92 Å². The van der Waals surface area contributed by atoms with Gasteiger partial charge in [0.2, 0.25) is 5.91 Å². The lowest BCUT2D eigenvalue weighted by atomic mass is 10.2. The van der Waals surface area contributed by atoms with E-state index >= 15 is 0 Å². The SMILES string of the molecule is CCNS(=O)(=O)N1CCCC1C(=O)N1CCOCC1. The number of carbonyl (C=O) groups excluding carboxylic acids is 1. The Kier molecular flexibility index (Phi) is 4.77. The number of morpholine rings is 1. The summed E-state index contributed by atoms with van der Waals surface area (Å²) in [4.78, 5) is 14.1. The largest absolute Gasteiger partial charge is 0.378 e. The third kappa shape index (κ3) is 3.25. The van der Waals surface area contributed by atoms with Gasteiger partial charge in [0.25, 0.3) is 10.2 Å². The van der Waals surface area contributed by atoms with Gasteiger partial charge in [-0.15, -0.1) is 0 Å². The molecule has 19 heavy (non-hydrogen) atoms. The van der Waals surface area contributed by atoms with Gasteiger partial charge in [0.1, 0.15) is 6.04 Å². The van der Waals surface area contributed by atoms with Crippen LogP contribution in [0.25, 0.3) is 0 Å². The van der Waals surface area contributed by atoms with E-state index in [4.69, 9.17) is 4.74 Å². The number of nitrogens with one attached hydrogen (secondary N) is 1. The van der Waals surface area contributed by atoms with Crippen LogP contribution in [0.3, 0.4) is 0 Å². The Morgan fingerprint density at radius 3 is 2.63 bits per heavy atom. The van der Waals surface area contributed by atoms with Crippen molar-refractivity contribution in [2.75, 3.05) is 39.4 Å². The van der Waals surface area contributed by atoms with Gasteiger partial charge in [0.15, 0.2) is 0 Å². The summed E-state index contributed by atoms with van der Waals surface area (Å²) in [7, 11) is -3.54. The van der Waals surface area contributed by atoms with Crippen molar-refractivity contribution in [2.24, 2.45) is 0 Å². The molecule has 0 aromatic heterocycles. The maximum atomic E-state index is 12.4. The maximum absolute atomic E-state index is 12.4. The molecule has 0 spiro atoms. The summed E-state index contributed by atoms with van der Waals surface area (Å²) in [5.41, 5.74) is 0. The van der Waals surface area contributed by atoms with Crippen LogP contribution >= 0.6 is 0 Å².